The number of ether oxygens (including phenoxy) is 1. The number of hydrogen-bond acceptors (Lipinski definition) is 2. The predicted octanol–water partition coefficient (Wildman–Crippen LogP) is 6.98. The summed E-state index contributed by atoms with van der Waals surface area (Å²) in [7, 11) is 0. The Kier molecular flexibility index (Phi) is 6.92. The molecule has 0 heterocycles. The van der Waals surface area contributed by atoms with Crippen molar-refractivity contribution in [3.63, 3.8) is 0 Å². The van der Waals surface area contributed by atoms with E-state index in [0.717, 1.165) is 24.1 Å². The van der Waals surface area contributed by atoms with Gasteiger partial charge in [0.25, 0.3) is 0 Å². The van der Waals surface area contributed by atoms with Crippen molar-refractivity contribution in [2.45, 2.75) is 83.9 Å². The second kappa shape index (κ2) is 9.80. The Morgan fingerprint density at radius 1 is 0.897 bits per heavy atom. The standard InChI is InChI=1S/C27H37NO/c1-3-21-8-13-26(14-9-21)29-27-15-10-23(11-16-27)24-6-4-5-22(18-24)19-28-25-12-7-20(2)17-25/h4-6,10-11,15-16,18,20-21,25-26,28H,3,7-9,12-14,17,19H2,1-2H3. The van der Waals surface area contributed by atoms with Crippen molar-refractivity contribution in [3.8, 4) is 16.9 Å². The summed E-state index contributed by atoms with van der Waals surface area (Å²) >= 11 is 0. The van der Waals surface area contributed by atoms with Crippen molar-refractivity contribution < 1.29 is 4.74 Å². The Balaban J connectivity index is 1.32. The van der Waals surface area contributed by atoms with Gasteiger partial charge in [-0.3, -0.25) is 0 Å². The third-order valence-corrected chi connectivity index (χ3v) is 7.08. The van der Waals surface area contributed by atoms with Crippen molar-refractivity contribution in [1.29, 1.82) is 0 Å². The van der Waals surface area contributed by atoms with Crippen molar-refractivity contribution in [2.24, 2.45) is 11.8 Å². The van der Waals surface area contributed by atoms with Crippen LogP contribution in [-0.2, 0) is 6.54 Å². The predicted molar refractivity (Wildman–Crippen MR) is 122 cm³/mol. The van der Waals surface area contributed by atoms with Gasteiger partial charge in [-0.05, 0) is 91.7 Å². The highest BCUT2D eigenvalue weighted by Crippen LogP contribution is 2.30. The summed E-state index contributed by atoms with van der Waals surface area (Å²) < 4.78 is 6.26. The van der Waals surface area contributed by atoms with Crippen molar-refractivity contribution in [2.75, 3.05) is 0 Å². The maximum absolute atomic E-state index is 6.26. The highest BCUT2D eigenvalue weighted by Gasteiger charge is 2.21. The first-order valence-corrected chi connectivity index (χ1v) is 11.8. The van der Waals surface area contributed by atoms with Gasteiger partial charge >= 0.3 is 0 Å². The van der Waals surface area contributed by atoms with E-state index in [9.17, 15) is 0 Å². The van der Waals surface area contributed by atoms with E-state index in [1.165, 1.54) is 68.1 Å². The molecule has 2 aliphatic carbocycles. The summed E-state index contributed by atoms with van der Waals surface area (Å²) in [6.07, 6.45) is 10.8. The number of hydrogen-bond donors (Lipinski definition) is 1. The number of nitrogens with one attached hydrogen (secondary N) is 1. The molecule has 0 radical (unpaired) electrons. The van der Waals surface area contributed by atoms with Crippen LogP contribution in [0.5, 0.6) is 5.75 Å². The summed E-state index contributed by atoms with van der Waals surface area (Å²) in [6, 6.07) is 18.3. The van der Waals surface area contributed by atoms with Crippen LogP contribution in [0.1, 0.15) is 70.8 Å². The maximum Gasteiger partial charge on any atom is 0.119 e. The summed E-state index contributed by atoms with van der Waals surface area (Å²) in [5.74, 6) is 2.80. The minimum absolute atomic E-state index is 0.399. The SMILES string of the molecule is CCC1CCC(Oc2ccc(-c3cccc(CNC4CCC(C)C4)c3)cc2)CC1. The Bertz CT molecular complexity index is 760. The van der Waals surface area contributed by atoms with Crippen LogP contribution in [0, 0.1) is 11.8 Å². The van der Waals surface area contributed by atoms with E-state index >= 15 is 0 Å². The second-order valence-corrected chi connectivity index (χ2v) is 9.39. The molecule has 2 unspecified atom stereocenters. The fourth-order valence-corrected chi connectivity index (χ4v) is 5.09. The Labute approximate surface area is 177 Å². The molecule has 2 fully saturated rings. The fraction of sp³-hybridized carbons (Fsp3) is 0.556. The summed E-state index contributed by atoms with van der Waals surface area (Å²) in [4.78, 5) is 0. The molecule has 0 spiro atoms. The van der Waals surface area contributed by atoms with Gasteiger partial charge in [0, 0.05) is 12.6 Å². The molecule has 0 bridgehead atoms. The lowest BCUT2D eigenvalue weighted by atomic mass is 9.86. The quantitative estimate of drug-likeness (QED) is 0.550. The van der Waals surface area contributed by atoms with Crippen LogP contribution in [0.2, 0.25) is 0 Å². The molecule has 1 N–H and O–H groups in total. The lowest BCUT2D eigenvalue weighted by Crippen LogP contribution is -2.25. The van der Waals surface area contributed by atoms with Crippen LogP contribution in [0.25, 0.3) is 11.1 Å². The molecule has 2 aromatic carbocycles. The normalized spacial score (nSPS) is 27.1. The maximum atomic E-state index is 6.26. The van der Waals surface area contributed by atoms with Crippen LogP contribution >= 0.6 is 0 Å². The van der Waals surface area contributed by atoms with Crippen LogP contribution in [0.3, 0.4) is 0 Å². The first-order chi connectivity index (χ1) is 14.2. The molecular weight excluding hydrogens is 354 g/mol. The lowest BCUT2D eigenvalue weighted by molar-refractivity contribution is 0.130. The van der Waals surface area contributed by atoms with Crippen molar-refractivity contribution in [3.05, 3.63) is 54.1 Å². The Morgan fingerprint density at radius 3 is 2.38 bits per heavy atom. The average molecular weight is 392 g/mol. The fourth-order valence-electron chi connectivity index (χ4n) is 5.09. The summed E-state index contributed by atoms with van der Waals surface area (Å²) in [5.41, 5.74) is 3.93. The van der Waals surface area contributed by atoms with Crippen LogP contribution < -0.4 is 10.1 Å². The van der Waals surface area contributed by atoms with Crippen molar-refractivity contribution in [1.82, 2.24) is 5.32 Å². The lowest BCUT2D eigenvalue weighted by Gasteiger charge is -2.28. The van der Waals surface area contributed by atoms with Gasteiger partial charge in [-0.2, -0.15) is 0 Å². The molecule has 2 aliphatic rings. The zero-order chi connectivity index (χ0) is 20.1. The molecule has 2 aromatic rings. The van der Waals surface area contributed by atoms with Gasteiger partial charge < -0.3 is 10.1 Å². The molecule has 2 atom stereocenters. The molecule has 156 valence electrons. The van der Waals surface area contributed by atoms with Gasteiger partial charge in [0.05, 0.1) is 6.10 Å². The molecule has 0 aliphatic heterocycles. The molecule has 0 amide bonds. The first kappa shape index (κ1) is 20.5. The summed E-state index contributed by atoms with van der Waals surface area (Å²) in [6.45, 7) is 5.64. The molecule has 0 aromatic heterocycles. The van der Waals surface area contributed by atoms with Crippen molar-refractivity contribution >= 4 is 0 Å². The average Bonchev–Trinajstić information content (AvgIpc) is 3.19. The largest absolute Gasteiger partial charge is 0.490 e. The molecule has 2 heteroatoms. The van der Waals surface area contributed by atoms with Gasteiger partial charge in [0.1, 0.15) is 5.75 Å². The second-order valence-electron chi connectivity index (χ2n) is 9.39. The third-order valence-electron chi connectivity index (χ3n) is 7.08. The molecular formula is C27H37NO. The van der Waals surface area contributed by atoms with E-state index in [1.54, 1.807) is 0 Å². The van der Waals surface area contributed by atoms with E-state index in [0.29, 0.717) is 12.1 Å². The Morgan fingerprint density at radius 2 is 1.69 bits per heavy atom. The van der Waals surface area contributed by atoms with E-state index < -0.39 is 0 Å². The molecule has 0 saturated heterocycles. The minimum atomic E-state index is 0.399. The minimum Gasteiger partial charge on any atom is -0.490 e. The van der Waals surface area contributed by atoms with Gasteiger partial charge in [-0.15, -0.1) is 0 Å². The summed E-state index contributed by atoms with van der Waals surface area (Å²) in [5, 5.41) is 3.75. The number of rotatable bonds is 7. The van der Waals surface area contributed by atoms with Gasteiger partial charge in [0.2, 0.25) is 0 Å². The highest BCUT2D eigenvalue weighted by molar-refractivity contribution is 5.64. The molecule has 2 nitrogen and oxygen atoms in total. The van der Waals surface area contributed by atoms with Crippen LogP contribution in [0.15, 0.2) is 48.5 Å². The monoisotopic (exact) mass is 391 g/mol. The Hall–Kier alpha value is -1.80. The highest BCUT2D eigenvalue weighted by atomic mass is 16.5. The molecule has 2 saturated carbocycles. The van der Waals surface area contributed by atoms with E-state index in [1.807, 2.05) is 0 Å². The van der Waals surface area contributed by atoms with Crippen LogP contribution in [-0.4, -0.2) is 12.1 Å². The van der Waals surface area contributed by atoms with E-state index in [-0.39, 0.29) is 0 Å². The smallest absolute Gasteiger partial charge is 0.119 e. The van der Waals surface area contributed by atoms with E-state index in [2.05, 4.69) is 67.7 Å². The molecule has 4 rings (SSSR count). The topological polar surface area (TPSA) is 21.3 Å². The van der Waals surface area contributed by atoms with E-state index in [4.69, 9.17) is 4.74 Å². The van der Waals surface area contributed by atoms with Gasteiger partial charge in [-0.25, -0.2) is 0 Å². The molecule has 29 heavy (non-hydrogen) atoms. The number of benzene rings is 2. The zero-order valence-corrected chi connectivity index (χ0v) is 18.2. The van der Waals surface area contributed by atoms with Gasteiger partial charge in [0.15, 0.2) is 0 Å². The van der Waals surface area contributed by atoms with Crippen LogP contribution in [0.4, 0.5) is 0 Å². The third kappa shape index (κ3) is 5.63. The van der Waals surface area contributed by atoms with Gasteiger partial charge in [-0.1, -0.05) is 50.6 Å². The zero-order valence-electron chi connectivity index (χ0n) is 18.2. The first-order valence-electron chi connectivity index (χ1n) is 11.8.